The maximum absolute atomic E-state index is 5.76. The Morgan fingerprint density at radius 3 is 2.58 bits per heavy atom. The molecule has 2 aromatic rings. The lowest BCUT2D eigenvalue weighted by Crippen LogP contribution is -2.44. The summed E-state index contributed by atoms with van der Waals surface area (Å²) in [6.07, 6.45) is 0. The first-order valence-corrected chi connectivity index (χ1v) is 6.18. The summed E-state index contributed by atoms with van der Waals surface area (Å²) in [7, 11) is 0. The topological polar surface area (TPSA) is 70.5 Å². The second kappa shape index (κ2) is 4.59. The van der Waals surface area contributed by atoms with Crippen LogP contribution in [0.3, 0.4) is 0 Å². The highest BCUT2D eigenvalue weighted by atomic mass is 16.5. The smallest absolute Gasteiger partial charge is 0.222 e. The number of aromatic nitrogens is 1. The number of ether oxygens (including phenoxy) is 2. The van der Waals surface area contributed by atoms with E-state index in [1.807, 2.05) is 24.3 Å². The van der Waals surface area contributed by atoms with E-state index in [-0.39, 0.29) is 5.41 Å². The third kappa shape index (κ3) is 2.56. The number of anilines is 1. The molecule has 1 fully saturated rings. The highest BCUT2D eigenvalue weighted by Gasteiger charge is 2.34. The molecule has 0 spiro atoms. The van der Waals surface area contributed by atoms with Gasteiger partial charge < -0.3 is 19.7 Å². The number of hydrogen-bond acceptors (Lipinski definition) is 5. The molecule has 0 saturated carbocycles. The Hall–Kier alpha value is -2.01. The fraction of sp³-hybridized carbons (Fsp3) is 0.357. The minimum atomic E-state index is 0.152. The number of nitrogen functional groups attached to an aromatic ring is 1. The minimum absolute atomic E-state index is 0.152. The number of hydrogen-bond donors (Lipinski definition) is 1. The van der Waals surface area contributed by atoms with E-state index in [0.717, 1.165) is 30.2 Å². The molecule has 1 aliphatic rings. The predicted molar refractivity (Wildman–Crippen MR) is 70.8 cm³/mol. The summed E-state index contributed by atoms with van der Waals surface area (Å²) in [5, 5.41) is 3.87. The molecule has 5 heteroatoms. The van der Waals surface area contributed by atoms with E-state index >= 15 is 0 Å². The number of rotatable bonds is 4. The van der Waals surface area contributed by atoms with Crippen LogP contribution >= 0.6 is 0 Å². The molecular formula is C14H16N2O3. The molecule has 0 radical (unpaired) electrons. The SMILES string of the molecule is CC1(COc2ccc(-c3cc(N)on3)cc2)COC1. The zero-order valence-electron chi connectivity index (χ0n) is 10.8. The number of nitrogens with zero attached hydrogens (tertiary/aromatic N) is 1. The molecule has 0 atom stereocenters. The first-order valence-electron chi connectivity index (χ1n) is 6.18. The van der Waals surface area contributed by atoms with Crippen LogP contribution in [0.1, 0.15) is 6.92 Å². The van der Waals surface area contributed by atoms with E-state index in [0.29, 0.717) is 12.5 Å². The van der Waals surface area contributed by atoms with Crippen molar-refractivity contribution in [3.8, 4) is 17.0 Å². The van der Waals surface area contributed by atoms with Crippen LogP contribution in [0.2, 0.25) is 0 Å². The highest BCUT2D eigenvalue weighted by Crippen LogP contribution is 2.28. The third-order valence-electron chi connectivity index (χ3n) is 3.17. The van der Waals surface area contributed by atoms with Crippen LogP contribution in [-0.2, 0) is 4.74 Å². The largest absolute Gasteiger partial charge is 0.493 e. The summed E-state index contributed by atoms with van der Waals surface area (Å²) in [6, 6.07) is 9.41. The van der Waals surface area contributed by atoms with E-state index in [9.17, 15) is 0 Å². The molecule has 1 aromatic heterocycles. The minimum Gasteiger partial charge on any atom is -0.493 e. The van der Waals surface area contributed by atoms with Crippen molar-refractivity contribution in [2.24, 2.45) is 5.41 Å². The van der Waals surface area contributed by atoms with Crippen molar-refractivity contribution in [1.82, 2.24) is 5.16 Å². The molecule has 0 unspecified atom stereocenters. The molecule has 0 bridgehead atoms. The van der Waals surface area contributed by atoms with Crippen LogP contribution in [0.5, 0.6) is 5.75 Å². The van der Waals surface area contributed by atoms with Gasteiger partial charge in [-0.2, -0.15) is 0 Å². The van der Waals surface area contributed by atoms with Crippen LogP contribution in [0.25, 0.3) is 11.3 Å². The van der Waals surface area contributed by atoms with Gasteiger partial charge in [-0.3, -0.25) is 0 Å². The zero-order chi connectivity index (χ0) is 13.3. The van der Waals surface area contributed by atoms with Gasteiger partial charge in [0.05, 0.1) is 19.8 Å². The van der Waals surface area contributed by atoms with Crippen LogP contribution in [0.4, 0.5) is 5.88 Å². The van der Waals surface area contributed by atoms with Crippen molar-refractivity contribution in [2.75, 3.05) is 25.6 Å². The van der Waals surface area contributed by atoms with Gasteiger partial charge in [0.1, 0.15) is 11.4 Å². The Kier molecular flexibility index (Phi) is 2.91. The zero-order valence-corrected chi connectivity index (χ0v) is 10.8. The van der Waals surface area contributed by atoms with E-state index in [4.69, 9.17) is 19.7 Å². The Morgan fingerprint density at radius 1 is 1.32 bits per heavy atom. The molecule has 19 heavy (non-hydrogen) atoms. The number of nitrogens with two attached hydrogens (primary N) is 1. The average Bonchev–Trinajstić information content (AvgIpc) is 2.81. The van der Waals surface area contributed by atoms with Gasteiger partial charge >= 0.3 is 0 Å². The second-order valence-corrected chi connectivity index (χ2v) is 5.23. The summed E-state index contributed by atoms with van der Waals surface area (Å²) < 4.78 is 15.8. The molecular weight excluding hydrogens is 244 g/mol. The van der Waals surface area contributed by atoms with Crippen molar-refractivity contribution < 1.29 is 14.0 Å². The molecule has 2 N–H and O–H groups in total. The summed E-state index contributed by atoms with van der Waals surface area (Å²) in [4.78, 5) is 0. The normalized spacial score (nSPS) is 16.9. The lowest BCUT2D eigenvalue weighted by molar-refractivity contribution is -0.120. The Bertz CT molecular complexity index is 558. The molecule has 1 saturated heterocycles. The molecule has 0 amide bonds. The van der Waals surface area contributed by atoms with Gasteiger partial charge in [-0.1, -0.05) is 12.1 Å². The Morgan fingerprint density at radius 2 is 2.05 bits per heavy atom. The van der Waals surface area contributed by atoms with Gasteiger partial charge in [0, 0.05) is 17.0 Å². The Labute approximate surface area is 111 Å². The van der Waals surface area contributed by atoms with Crippen LogP contribution in [0, 0.1) is 5.41 Å². The summed E-state index contributed by atoms with van der Waals surface area (Å²) >= 11 is 0. The highest BCUT2D eigenvalue weighted by molar-refractivity contribution is 5.61. The van der Waals surface area contributed by atoms with Crippen molar-refractivity contribution in [1.29, 1.82) is 0 Å². The van der Waals surface area contributed by atoms with Crippen molar-refractivity contribution in [2.45, 2.75) is 6.92 Å². The van der Waals surface area contributed by atoms with Crippen molar-refractivity contribution in [3.05, 3.63) is 30.3 Å². The standard InChI is InChI=1S/C14H16N2O3/c1-14(7-17-8-14)9-18-11-4-2-10(3-5-11)12-6-13(15)19-16-12/h2-6H,7-9,15H2,1H3. The van der Waals surface area contributed by atoms with Gasteiger partial charge in [-0.25, -0.2) is 0 Å². The quantitative estimate of drug-likeness (QED) is 0.913. The van der Waals surface area contributed by atoms with Gasteiger partial charge in [-0.15, -0.1) is 0 Å². The lowest BCUT2D eigenvalue weighted by atomic mass is 9.90. The van der Waals surface area contributed by atoms with Gasteiger partial charge in [-0.05, 0) is 24.3 Å². The van der Waals surface area contributed by atoms with Crippen molar-refractivity contribution >= 4 is 5.88 Å². The summed E-state index contributed by atoms with van der Waals surface area (Å²) in [5.74, 6) is 1.15. The van der Waals surface area contributed by atoms with Crippen LogP contribution in [0.15, 0.2) is 34.9 Å². The first-order chi connectivity index (χ1) is 9.15. The van der Waals surface area contributed by atoms with E-state index < -0.39 is 0 Å². The maximum atomic E-state index is 5.76. The molecule has 3 rings (SSSR count). The molecule has 1 aliphatic heterocycles. The average molecular weight is 260 g/mol. The molecule has 2 heterocycles. The van der Waals surface area contributed by atoms with Gasteiger partial charge in [0.25, 0.3) is 0 Å². The summed E-state index contributed by atoms with van der Waals surface area (Å²) in [6.45, 7) is 4.36. The number of benzene rings is 1. The molecule has 100 valence electrons. The molecule has 5 nitrogen and oxygen atoms in total. The molecule has 0 aliphatic carbocycles. The van der Waals surface area contributed by atoms with Crippen LogP contribution in [-0.4, -0.2) is 25.0 Å². The lowest BCUT2D eigenvalue weighted by Gasteiger charge is -2.37. The molecule has 1 aromatic carbocycles. The monoisotopic (exact) mass is 260 g/mol. The fourth-order valence-electron chi connectivity index (χ4n) is 1.94. The van der Waals surface area contributed by atoms with Crippen LogP contribution < -0.4 is 10.5 Å². The predicted octanol–water partition coefficient (Wildman–Crippen LogP) is 2.34. The van der Waals surface area contributed by atoms with E-state index in [1.165, 1.54) is 0 Å². The summed E-state index contributed by atoms with van der Waals surface area (Å²) in [5.41, 5.74) is 7.32. The van der Waals surface area contributed by atoms with Crippen molar-refractivity contribution in [3.63, 3.8) is 0 Å². The maximum Gasteiger partial charge on any atom is 0.222 e. The third-order valence-corrected chi connectivity index (χ3v) is 3.17. The first kappa shape index (κ1) is 12.0. The van der Waals surface area contributed by atoms with Gasteiger partial charge in [0.15, 0.2) is 0 Å². The fourth-order valence-corrected chi connectivity index (χ4v) is 1.94. The van der Waals surface area contributed by atoms with E-state index in [2.05, 4.69) is 12.1 Å². The second-order valence-electron chi connectivity index (χ2n) is 5.23. The van der Waals surface area contributed by atoms with Gasteiger partial charge in [0.2, 0.25) is 5.88 Å². The van der Waals surface area contributed by atoms with E-state index in [1.54, 1.807) is 6.07 Å². The Balaban J connectivity index is 1.65.